The zero-order valence-electron chi connectivity index (χ0n) is 17.9. The molecule has 0 radical (unpaired) electrons. The minimum absolute atomic E-state index is 0.382. The molecule has 0 aromatic heterocycles. The molecule has 0 aliphatic rings. The first-order chi connectivity index (χ1) is 14.9. The lowest BCUT2D eigenvalue weighted by Gasteiger charge is -2.08. The number of nitrogens with one attached hydrogen (secondary N) is 4. The molecular weight excluding hydrogens is 428 g/mol. The molecule has 0 saturated carbocycles. The third kappa shape index (κ3) is 8.53. The van der Waals surface area contributed by atoms with E-state index in [-0.39, 0.29) is 0 Å². The fourth-order valence-electron chi connectivity index (χ4n) is 2.23. The molecule has 0 aliphatic carbocycles. The zero-order valence-corrected chi connectivity index (χ0v) is 19.5. The number of nitrogens with zero attached hydrogens (tertiary/aromatic N) is 2. The van der Waals surface area contributed by atoms with Crippen LogP contribution in [0.5, 0.6) is 5.75 Å². The first kappa shape index (κ1) is 24.0. The summed E-state index contributed by atoms with van der Waals surface area (Å²) in [6.45, 7) is 3.64. The highest BCUT2D eigenvalue weighted by atomic mass is 32.1. The Morgan fingerprint density at radius 1 is 0.806 bits per heavy atom. The van der Waals surface area contributed by atoms with Crippen molar-refractivity contribution in [1.82, 2.24) is 16.2 Å². The fraction of sp³-hybridized carbons (Fsp3) is 0.182. The van der Waals surface area contributed by atoms with Crippen LogP contribution in [0.4, 0.5) is 5.69 Å². The summed E-state index contributed by atoms with van der Waals surface area (Å²) in [5, 5.41) is 15.0. The molecule has 0 amide bonds. The van der Waals surface area contributed by atoms with Gasteiger partial charge in [0.05, 0.1) is 18.5 Å². The SMILES string of the molecule is CNC(=S)N/N=C(C)/C(C)=N/NC(=S)Nc1ccc(/C=C/c2ccc(OC)cc2)cc1. The first-order valence-electron chi connectivity index (χ1n) is 9.47. The molecule has 0 fully saturated rings. The molecule has 2 aromatic carbocycles. The van der Waals surface area contributed by atoms with Gasteiger partial charge in [-0.25, -0.2) is 0 Å². The van der Waals surface area contributed by atoms with Crippen molar-refractivity contribution in [2.24, 2.45) is 10.2 Å². The molecule has 0 heterocycles. The number of rotatable bonds is 7. The van der Waals surface area contributed by atoms with Gasteiger partial charge in [0.25, 0.3) is 0 Å². The standard InChI is InChI=1S/C22H26N6OS2/c1-15(25-27-21(30)23-3)16(2)26-28-22(31)24-19-11-7-17(8-12-19)5-6-18-9-13-20(29-4)14-10-18/h5-14H,1-4H3,(H2,23,27,30)(H2,24,28,31)/b6-5+,25-15+,26-16+. The van der Waals surface area contributed by atoms with Crippen molar-refractivity contribution in [2.45, 2.75) is 13.8 Å². The van der Waals surface area contributed by atoms with E-state index in [9.17, 15) is 0 Å². The van der Waals surface area contributed by atoms with Crippen LogP contribution in [0.15, 0.2) is 58.7 Å². The molecule has 0 bridgehead atoms. The molecule has 0 spiro atoms. The Morgan fingerprint density at radius 3 is 1.77 bits per heavy atom. The Morgan fingerprint density at radius 2 is 1.29 bits per heavy atom. The Labute approximate surface area is 193 Å². The lowest BCUT2D eigenvalue weighted by Crippen LogP contribution is -2.30. The summed E-state index contributed by atoms with van der Waals surface area (Å²) in [6.07, 6.45) is 4.10. The smallest absolute Gasteiger partial charge is 0.191 e. The van der Waals surface area contributed by atoms with Crippen molar-refractivity contribution < 1.29 is 4.74 Å². The van der Waals surface area contributed by atoms with Crippen molar-refractivity contribution in [3.05, 3.63) is 59.7 Å². The molecule has 9 heteroatoms. The highest BCUT2D eigenvalue weighted by molar-refractivity contribution is 7.80. The molecule has 0 aliphatic heterocycles. The van der Waals surface area contributed by atoms with Crippen LogP contribution >= 0.6 is 24.4 Å². The predicted octanol–water partition coefficient (Wildman–Crippen LogP) is 4.00. The van der Waals surface area contributed by atoms with Gasteiger partial charge in [-0.05, 0) is 73.7 Å². The van der Waals surface area contributed by atoms with E-state index >= 15 is 0 Å². The summed E-state index contributed by atoms with van der Waals surface area (Å²) in [4.78, 5) is 0. The largest absolute Gasteiger partial charge is 0.497 e. The van der Waals surface area contributed by atoms with Crippen molar-refractivity contribution in [3.63, 3.8) is 0 Å². The predicted molar refractivity (Wildman–Crippen MR) is 139 cm³/mol. The fourth-order valence-corrected chi connectivity index (χ4v) is 2.44. The Hall–Kier alpha value is -3.30. The summed E-state index contributed by atoms with van der Waals surface area (Å²) < 4.78 is 5.17. The second kappa shape index (κ2) is 12.4. The van der Waals surface area contributed by atoms with Gasteiger partial charge in [0.15, 0.2) is 10.2 Å². The maximum absolute atomic E-state index is 5.29. The van der Waals surface area contributed by atoms with E-state index in [1.807, 2.05) is 74.5 Å². The highest BCUT2D eigenvalue weighted by Crippen LogP contribution is 2.15. The molecule has 4 N–H and O–H groups in total. The summed E-state index contributed by atoms with van der Waals surface area (Å²) >= 11 is 10.3. The molecule has 162 valence electrons. The van der Waals surface area contributed by atoms with Gasteiger partial charge in [-0.2, -0.15) is 10.2 Å². The number of anilines is 1. The number of thiocarbonyl (C=S) groups is 2. The number of hydrazone groups is 2. The average Bonchev–Trinajstić information content (AvgIpc) is 2.80. The van der Waals surface area contributed by atoms with E-state index in [4.69, 9.17) is 29.2 Å². The number of hydrogen-bond donors (Lipinski definition) is 4. The summed E-state index contributed by atoms with van der Waals surface area (Å²) in [5.74, 6) is 0.841. The van der Waals surface area contributed by atoms with E-state index < -0.39 is 0 Å². The molecule has 7 nitrogen and oxygen atoms in total. The van der Waals surface area contributed by atoms with Gasteiger partial charge >= 0.3 is 0 Å². The topological polar surface area (TPSA) is 82.1 Å². The Bertz CT molecular complexity index is 982. The molecule has 31 heavy (non-hydrogen) atoms. The minimum atomic E-state index is 0.382. The van der Waals surface area contributed by atoms with E-state index in [0.29, 0.717) is 21.6 Å². The summed E-state index contributed by atoms with van der Waals surface area (Å²) in [6, 6.07) is 15.8. The lowest BCUT2D eigenvalue weighted by molar-refractivity contribution is 0.415. The van der Waals surface area contributed by atoms with Crippen molar-refractivity contribution in [1.29, 1.82) is 0 Å². The van der Waals surface area contributed by atoms with Crippen LogP contribution < -0.4 is 26.2 Å². The van der Waals surface area contributed by atoms with E-state index in [0.717, 1.165) is 22.6 Å². The van der Waals surface area contributed by atoms with Crippen LogP contribution in [0.2, 0.25) is 0 Å². The van der Waals surface area contributed by atoms with Gasteiger partial charge in [0.1, 0.15) is 5.75 Å². The van der Waals surface area contributed by atoms with Crippen molar-refractivity contribution >= 4 is 63.9 Å². The van der Waals surface area contributed by atoms with Crippen LogP contribution in [0.3, 0.4) is 0 Å². The van der Waals surface area contributed by atoms with Gasteiger partial charge in [-0.15, -0.1) is 0 Å². The van der Waals surface area contributed by atoms with Gasteiger partial charge in [0, 0.05) is 12.7 Å². The molecule has 0 unspecified atom stereocenters. The van der Waals surface area contributed by atoms with Gasteiger partial charge in [-0.1, -0.05) is 36.4 Å². The molecular formula is C22H26N6OS2. The third-order valence-corrected chi connectivity index (χ3v) is 4.64. The quantitative estimate of drug-likeness (QED) is 0.218. The van der Waals surface area contributed by atoms with Gasteiger partial charge in [0.2, 0.25) is 0 Å². The Kier molecular flexibility index (Phi) is 9.60. The van der Waals surface area contributed by atoms with Crippen LogP contribution in [-0.4, -0.2) is 35.8 Å². The van der Waals surface area contributed by atoms with Crippen LogP contribution in [0, 0.1) is 0 Å². The average molecular weight is 455 g/mol. The number of methoxy groups -OCH3 is 1. The second-order valence-electron chi connectivity index (χ2n) is 6.38. The monoisotopic (exact) mass is 454 g/mol. The number of ether oxygens (including phenoxy) is 1. The van der Waals surface area contributed by atoms with Gasteiger partial charge < -0.3 is 15.4 Å². The van der Waals surface area contributed by atoms with E-state index in [1.54, 1.807) is 14.2 Å². The van der Waals surface area contributed by atoms with Gasteiger partial charge in [-0.3, -0.25) is 10.9 Å². The highest BCUT2D eigenvalue weighted by Gasteiger charge is 2.00. The van der Waals surface area contributed by atoms with Crippen LogP contribution in [0.1, 0.15) is 25.0 Å². The van der Waals surface area contributed by atoms with Crippen molar-refractivity contribution in [2.75, 3.05) is 19.5 Å². The number of benzene rings is 2. The molecule has 0 saturated heterocycles. The number of hydrogen-bond acceptors (Lipinski definition) is 5. The van der Waals surface area contributed by atoms with Crippen molar-refractivity contribution in [3.8, 4) is 5.75 Å². The van der Waals surface area contributed by atoms with Crippen LogP contribution in [0.25, 0.3) is 12.2 Å². The molecule has 2 rings (SSSR count). The minimum Gasteiger partial charge on any atom is -0.497 e. The zero-order chi connectivity index (χ0) is 22.6. The van der Waals surface area contributed by atoms with Crippen LogP contribution in [-0.2, 0) is 0 Å². The third-order valence-electron chi connectivity index (χ3n) is 4.15. The first-order valence-corrected chi connectivity index (χ1v) is 10.3. The maximum atomic E-state index is 5.29. The normalized spacial score (nSPS) is 11.7. The van der Waals surface area contributed by atoms with E-state index in [2.05, 4.69) is 31.7 Å². The molecule has 0 atom stereocenters. The molecule has 2 aromatic rings. The second-order valence-corrected chi connectivity index (χ2v) is 7.20. The summed E-state index contributed by atoms with van der Waals surface area (Å²) in [5.41, 5.74) is 9.92. The summed E-state index contributed by atoms with van der Waals surface area (Å²) in [7, 11) is 3.38. The van der Waals surface area contributed by atoms with E-state index in [1.165, 1.54) is 0 Å². The lowest BCUT2D eigenvalue weighted by atomic mass is 10.1. The Balaban J connectivity index is 1.88. The maximum Gasteiger partial charge on any atom is 0.191 e.